The molecule has 1 aromatic carbocycles. The Hall–Kier alpha value is -1.73. The summed E-state index contributed by atoms with van der Waals surface area (Å²) >= 11 is 0. The van der Waals surface area contributed by atoms with E-state index in [-0.39, 0.29) is 6.10 Å². The monoisotopic (exact) mass is 246 g/mol. The first-order valence-corrected chi connectivity index (χ1v) is 6.20. The Morgan fingerprint density at radius 3 is 2.94 bits per heavy atom. The number of piperidine rings is 1. The van der Waals surface area contributed by atoms with Crippen molar-refractivity contribution in [2.24, 2.45) is 5.92 Å². The number of rotatable bonds is 3. The SMILES string of the molecule is COc1ccc(C#N)c(OC2CNCCC2C)c1. The Morgan fingerprint density at radius 1 is 1.44 bits per heavy atom. The summed E-state index contributed by atoms with van der Waals surface area (Å²) in [6.45, 7) is 4.03. The molecule has 2 rings (SSSR count). The third kappa shape index (κ3) is 2.74. The summed E-state index contributed by atoms with van der Waals surface area (Å²) in [6.07, 6.45) is 1.20. The smallest absolute Gasteiger partial charge is 0.141 e. The first-order valence-electron chi connectivity index (χ1n) is 6.20. The molecule has 1 N–H and O–H groups in total. The highest BCUT2D eigenvalue weighted by atomic mass is 16.5. The van der Waals surface area contributed by atoms with Crippen LogP contribution in [-0.2, 0) is 0 Å². The molecule has 1 aliphatic heterocycles. The van der Waals surface area contributed by atoms with Gasteiger partial charge in [0.15, 0.2) is 0 Å². The van der Waals surface area contributed by atoms with Crippen molar-refractivity contribution in [3.05, 3.63) is 23.8 Å². The maximum Gasteiger partial charge on any atom is 0.141 e. The lowest BCUT2D eigenvalue weighted by molar-refractivity contribution is 0.114. The summed E-state index contributed by atoms with van der Waals surface area (Å²) in [5, 5.41) is 12.4. The third-order valence-corrected chi connectivity index (χ3v) is 3.34. The molecule has 96 valence electrons. The molecule has 2 unspecified atom stereocenters. The van der Waals surface area contributed by atoms with Gasteiger partial charge in [-0.3, -0.25) is 0 Å². The van der Waals surface area contributed by atoms with Crippen molar-refractivity contribution in [3.8, 4) is 17.6 Å². The van der Waals surface area contributed by atoms with Crippen molar-refractivity contribution in [2.45, 2.75) is 19.4 Å². The number of nitriles is 1. The van der Waals surface area contributed by atoms with Gasteiger partial charge in [0.1, 0.15) is 23.7 Å². The Balaban J connectivity index is 2.18. The fraction of sp³-hybridized carbons (Fsp3) is 0.500. The zero-order valence-corrected chi connectivity index (χ0v) is 10.8. The number of nitrogens with one attached hydrogen (secondary N) is 1. The number of ether oxygens (including phenoxy) is 2. The fourth-order valence-corrected chi connectivity index (χ4v) is 2.10. The van der Waals surface area contributed by atoms with Crippen LogP contribution in [0, 0.1) is 17.2 Å². The molecule has 1 aromatic rings. The van der Waals surface area contributed by atoms with E-state index in [9.17, 15) is 0 Å². The van der Waals surface area contributed by atoms with E-state index < -0.39 is 0 Å². The van der Waals surface area contributed by atoms with Crippen molar-refractivity contribution in [1.29, 1.82) is 5.26 Å². The maximum absolute atomic E-state index is 9.09. The lowest BCUT2D eigenvalue weighted by Crippen LogP contribution is -2.42. The molecule has 0 amide bonds. The van der Waals surface area contributed by atoms with E-state index in [0.717, 1.165) is 19.5 Å². The molecule has 0 aromatic heterocycles. The molecular formula is C14H18N2O2. The zero-order chi connectivity index (χ0) is 13.0. The van der Waals surface area contributed by atoms with E-state index in [4.69, 9.17) is 14.7 Å². The predicted octanol–water partition coefficient (Wildman–Crippen LogP) is 1.94. The summed E-state index contributed by atoms with van der Waals surface area (Å²) < 4.78 is 11.1. The van der Waals surface area contributed by atoms with Gasteiger partial charge in [-0.05, 0) is 31.0 Å². The van der Waals surface area contributed by atoms with Gasteiger partial charge in [-0.2, -0.15) is 5.26 Å². The molecule has 1 saturated heterocycles. The average Bonchev–Trinajstić information content (AvgIpc) is 2.41. The highest BCUT2D eigenvalue weighted by Gasteiger charge is 2.23. The minimum absolute atomic E-state index is 0.109. The second-order valence-electron chi connectivity index (χ2n) is 4.60. The number of nitrogens with zero attached hydrogens (tertiary/aromatic N) is 1. The van der Waals surface area contributed by atoms with E-state index >= 15 is 0 Å². The van der Waals surface area contributed by atoms with Crippen LogP contribution in [0.5, 0.6) is 11.5 Å². The molecule has 0 radical (unpaired) electrons. The van der Waals surface area contributed by atoms with E-state index in [1.54, 1.807) is 25.3 Å². The largest absolute Gasteiger partial charge is 0.497 e. The Labute approximate surface area is 108 Å². The molecule has 0 saturated carbocycles. The van der Waals surface area contributed by atoms with Gasteiger partial charge in [0, 0.05) is 12.6 Å². The van der Waals surface area contributed by atoms with E-state index in [1.807, 2.05) is 0 Å². The fourth-order valence-electron chi connectivity index (χ4n) is 2.10. The minimum Gasteiger partial charge on any atom is -0.497 e. The second-order valence-corrected chi connectivity index (χ2v) is 4.60. The predicted molar refractivity (Wildman–Crippen MR) is 68.8 cm³/mol. The molecular weight excluding hydrogens is 228 g/mol. The van der Waals surface area contributed by atoms with Crippen molar-refractivity contribution in [3.63, 3.8) is 0 Å². The van der Waals surface area contributed by atoms with Gasteiger partial charge in [0.05, 0.1) is 12.7 Å². The van der Waals surface area contributed by atoms with Gasteiger partial charge in [-0.25, -0.2) is 0 Å². The summed E-state index contributed by atoms with van der Waals surface area (Å²) in [6, 6.07) is 7.43. The Morgan fingerprint density at radius 2 is 2.28 bits per heavy atom. The molecule has 18 heavy (non-hydrogen) atoms. The summed E-state index contributed by atoms with van der Waals surface area (Å²) in [4.78, 5) is 0. The van der Waals surface area contributed by atoms with Crippen LogP contribution in [-0.4, -0.2) is 26.3 Å². The molecule has 0 bridgehead atoms. The lowest BCUT2D eigenvalue weighted by Gasteiger charge is -2.30. The van der Waals surface area contributed by atoms with Crippen LogP contribution in [0.3, 0.4) is 0 Å². The number of hydrogen-bond acceptors (Lipinski definition) is 4. The summed E-state index contributed by atoms with van der Waals surface area (Å²) in [5.41, 5.74) is 0.550. The summed E-state index contributed by atoms with van der Waals surface area (Å²) in [5.74, 6) is 1.81. The molecule has 4 nitrogen and oxygen atoms in total. The Kier molecular flexibility index (Phi) is 4.06. The highest BCUT2D eigenvalue weighted by Crippen LogP contribution is 2.27. The van der Waals surface area contributed by atoms with Crippen molar-refractivity contribution >= 4 is 0 Å². The average molecular weight is 246 g/mol. The quantitative estimate of drug-likeness (QED) is 0.885. The standard InChI is InChI=1S/C14H18N2O2/c1-10-5-6-16-9-14(10)18-13-7-12(17-2)4-3-11(13)8-15/h3-4,7,10,14,16H,5-6,9H2,1-2H3. The first-order chi connectivity index (χ1) is 8.74. The second kappa shape index (κ2) is 5.74. The van der Waals surface area contributed by atoms with Crippen LogP contribution in [0.15, 0.2) is 18.2 Å². The summed E-state index contributed by atoms with van der Waals surface area (Å²) in [7, 11) is 1.61. The van der Waals surface area contributed by atoms with Crippen LogP contribution >= 0.6 is 0 Å². The van der Waals surface area contributed by atoms with E-state index in [0.29, 0.717) is 23.0 Å². The van der Waals surface area contributed by atoms with Crippen LogP contribution in [0.4, 0.5) is 0 Å². The first kappa shape index (κ1) is 12.7. The number of methoxy groups -OCH3 is 1. The van der Waals surface area contributed by atoms with E-state index in [2.05, 4.69) is 18.3 Å². The van der Waals surface area contributed by atoms with Gasteiger partial charge in [-0.1, -0.05) is 6.92 Å². The zero-order valence-electron chi connectivity index (χ0n) is 10.8. The van der Waals surface area contributed by atoms with Gasteiger partial charge in [0.2, 0.25) is 0 Å². The van der Waals surface area contributed by atoms with Crippen molar-refractivity contribution < 1.29 is 9.47 Å². The normalized spacial score (nSPS) is 23.2. The molecule has 1 fully saturated rings. The molecule has 4 heteroatoms. The third-order valence-electron chi connectivity index (χ3n) is 3.34. The van der Waals surface area contributed by atoms with Gasteiger partial charge < -0.3 is 14.8 Å². The number of benzene rings is 1. The molecule has 0 spiro atoms. The molecule has 1 aliphatic rings. The van der Waals surface area contributed by atoms with Gasteiger partial charge >= 0.3 is 0 Å². The molecule has 2 atom stereocenters. The maximum atomic E-state index is 9.09. The van der Waals surface area contributed by atoms with Gasteiger partial charge in [0.25, 0.3) is 0 Å². The highest BCUT2D eigenvalue weighted by molar-refractivity contribution is 5.47. The molecule has 0 aliphatic carbocycles. The topological polar surface area (TPSA) is 54.3 Å². The van der Waals surface area contributed by atoms with Crippen LogP contribution in [0.1, 0.15) is 18.9 Å². The van der Waals surface area contributed by atoms with Crippen LogP contribution in [0.2, 0.25) is 0 Å². The molecule has 1 heterocycles. The lowest BCUT2D eigenvalue weighted by atomic mass is 9.97. The van der Waals surface area contributed by atoms with Crippen molar-refractivity contribution in [2.75, 3.05) is 20.2 Å². The van der Waals surface area contributed by atoms with Crippen molar-refractivity contribution in [1.82, 2.24) is 5.32 Å². The Bertz CT molecular complexity index is 454. The van der Waals surface area contributed by atoms with Crippen LogP contribution < -0.4 is 14.8 Å². The van der Waals surface area contributed by atoms with Crippen LogP contribution in [0.25, 0.3) is 0 Å². The minimum atomic E-state index is 0.109. The van der Waals surface area contributed by atoms with Gasteiger partial charge in [-0.15, -0.1) is 0 Å². The van der Waals surface area contributed by atoms with E-state index in [1.165, 1.54) is 0 Å². The number of hydrogen-bond donors (Lipinski definition) is 1.